The van der Waals surface area contributed by atoms with E-state index >= 15 is 0 Å². The number of hydrogen-bond donors (Lipinski definition) is 1. The lowest BCUT2D eigenvalue weighted by Crippen LogP contribution is -2.36. The number of hydrogen-bond acceptors (Lipinski definition) is 4. The van der Waals surface area contributed by atoms with Crippen LogP contribution in [0.4, 0.5) is 18.9 Å². The molecule has 0 radical (unpaired) electrons. The molecular weight excluding hydrogens is 281 g/mol. The lowest BCUT2D eigenvalue weighted by molar-refractivity contribution is -0.385. The minimum Gasteiger partial charge on any atom is -0.484 e. The number of halogens is 3. The van der Waals surface area contributed by atoms with Crippen LogP contribution in [0.2, 0.25) is 0 Å². The predicted octanol–water partition coefficient (Wildman–Crippen LogP) is 1.96. The molecule has 0 spiro atoms. The molecule has 0 aliphatic carbocycles. The zero-order valence-corrected chi connectivity index (χ0v) is 10.4. The molecule has 20 heavy (non-hydrogen) atoms. The molecule has 9 heteroatoms. The molecule has 0 aliphatic heterocycles. The SMILES string of the molecule is Cc1ccc(OCC(=O)NCC(F)(F)F)cc1[N+](=O)[O-]. The van der Waals surface area contributed by atoms with Gasteiger partial charge in [0.05, 0.1) is 11.0 Å². The number of nitrogens with one attached hydrogen (secondary N) is 1. The number of nitro benzene ring substituents is 1. The summed E-state index contributed by atoms with van der Waals surface area (Å²) in [5.74, 6) is -0.935. The fourth-order valence-electron chi connectivity index (χ4n) is 1.27. The topological polar surface area (TPSA) is 81.5 Å². The van der Waals surface area contributed by atoms with Crippen molar-refractivity contribution in [3.05, 3.63) is 33.9 Å². The Morgan fingerprint density at radius 1 is 1.45 bits per heavy atom. The van der Waals surface area contributed by atoms with E-state index in [1.54, 1.807) is 5.32 Å². The molecule has 0 bridgehead atoms. The van der Waals surface area contributed by atoms with Gasteiger partial charge in [0, 0.05) is 5.56 Å². The van der Waals surface area contributed by atoms with Gasteiger partial charge in [-0.15, -0.1) is 0 Å². The minimum absolute atomic E-state index is 0.0319. The number of nitrogens with zero attached hydrogens (tertiary/aromatic N) is 1. The summed E-state index contributed by atoms with van der Waals surface area (Å²) in [6.07, 6.45) is -4.50. The fourth-order valence-corrected chi connectivity index (χ4v) is 1.27. The molecule has 0 saturated carbocycles. The van der Waals surface area contributed by atoms with Gasteiger partial charge in [-0.1, -0.05) is 0 Å². The summed E-state index contributed by atoms with van der Waals surface area (Å²) in [6.45, 7) is -0.586. The lowest BCUT2D eigenvalue weighted by Gasteiger charge is -2.09. The first kappa shape index (κ1) is 15.7. The number of carbonyl (C=O) groups excluding carboxylic acids is 1. The number of amides is 1. The van der Waals surface area contributed by atoms with E-state index in [9.17, 15) is 28.1 Å². The summed E-state index contributed by atoms with van der Waals surface area (Å²) < 4.78 is 40.4. The van der Waals surface area contributed by atoms with E-state index in [0.29, 0.717) is 5.56 Å². The predicted molar refractivity (Wildman–Crippen MR) is 62.4 cm³/mol. The van der Waals surface area contributed by atoms with Gasteiger partial charge in [0.2, 0.25) is 0 Å². The van der Waals surface area contributed by atoms with Gasteiger partial charge in [-0.2, -0.15) is 13.2 Å². The van der Waals surface area contributed by atoms with Crippen molar-refractivity contribution in [2.45, 2.75) is 13.1 Å². The summed E-state index contributed by atoms with van der Waals surface area (Å²) in [7, 11) is 0. The molecular formula is C11H11F3N2O4. The fraction of sp³-hybridized carbons (Fsp3) is 0.364. The van der Waals surface area contributed by atoms with Crippen molar-refractivity contribution in [2.24, 2.45) is 0 Å². The van der Waals surface area contributed by atoms with Crippen LogP contribution >= 0.6 is 0 Å². The maximum Gasteiger partial charge on any atom is 0.405 e. The third-order valence-electron chi connectivity index (χ3n) is 2.23. The number of rotatable bonds is 5. The molecule has 6 nitrogen and oxygen atoms in total. The van der Waals surface area contributed by atoms with Crippen LogP contribution in [0.5, 0.6) is 5.75 Å². The Morgan fingerprint density at radius 3 is 2.65 bits per heavy atom. The van der Waals surface area contributed by atoms with Crippen molar-refractivity contribution in [2.75, 3.05) is 13.2 Å². The monoisotopic (exact) mass is 292 g/mol. The Morgan fingerprint density at radius 2 is 2.10 bits per heavy atom. The van der Waals surface area contributed by atoms with Crippen LogP contribution in [-0.4, -0.2) is 30.2 Å². The first-order valence-electron chi connectivity index (χ1n) is 5.40. The van der Waals surface area contributed by atoms with Crippen LogP contribution in [0.25, 0.3) is 0 Å². The van der Waals surface area contributed by atoms with Crippen molar-refractivity contribution < 1.29 is 27.6 Å². The molecule has 1 rings (SSSR count). The number of alkyl halides is 3. The Bertz CT molecular complexity index is 517. The third kappa shape index (κ3) is 5.12. The van der Waals surface area contributed by atoms with Crippen molar-refractivity contribution in [1.82, 2.24) is 5.32 Å². The zero-order valence-electron chi connectivity index (χ0n) is 10.4. The normalized spacial score (nSPS) is 11.0. The second-order valence-electron chi connectivity index (χ2n) is 3.89. The lowest BCUT2D eigenvalue weighted by atomic mass is 10.2. The average molecular weight is 292 g/mol. The molecule has 0 aromatic heterocycles. The number of aryl methyl sites for hydroxylation is 1. The van der Waals surface area contributed by atoms with E-state index in [-0.39, 0.29) is 11.4 Å². The smallest absolute Gasteiger partial charge is 0.405 e. The zero-order chi connectivity index (χ0) is 15.3. The van der Waals surface area contributed by atoms with E-state index < -0.39 is 30.2 Å². The minimum atomic E-state index is -4.50. The van der Waals surface area contributed by atoms with Crippen LogP contribution in [0.1, 0.15) is 5.56 Å². The maximum absolute atomic E-state index is 11.8. The second kappa shape index (κ2) is 6.22. The van der Waals surface area contributed by atoms with E-state index in [2.05, 4.69) is 0 Å². The Labute approximate surface area is 111 Å². The highest BCUT2D eigenvalue weighted by Gasteiger charge is 2.27. The van der Waals surface area contributed by atoms with E-state index in [0.717, 1.165) is 6.07 Å². The molecule has 0 aliphatic rings. The Hall–Kier alpha value is -2.32. The number of carbonyl (C=O) groups is 1. The van der Waals surface area contributed by atoms with Crippen LogP contribution in [0.15, 0.2) is 18.2 Å². The summed E-state index contributed by atoms with van der Waals surface area (Å²) >= 11 is 0. The van der Waals surface area contributed by atoms with E-state index in [4.69, 9.17) is 4.74 Å². The van der Waals surface area contributed by atoms with E-state index in [1.807, 2.05) is 0 Å². The number of benzene rings is 1. The highest BCUT2D eigenvalue weighted by Crippen LogP contribution is 2.23. The maximum atomic E-state index is 11.8. The van der Waals surface area contributed by atoms with Crippen molar-refractivity contribution in [3.8, 4) is 5.75 Å². The van der Waals surface area contributed by atoms with Crippen LogP contribution in [-0.2, 0) is 4.79 Å². The van der Waals surface area contributed by atoms with Crippen molar-refractivity contribution in [1.29, 1.82) is 0 Å². The first-order chi connectivity index (χ1) is 9.19. The molecule has 1 aromatic rings. The van der Waals surface area contributed by atoms with Gasteiger partial charge in [-0.05, 0) is 19.1 Å². The third-order valence-corrected chi connectivity index (χ3v) is 2.23. The highest BCUT2D eigenvalue weighted by atomic mass is 19.4. The molecule has 0 atom stereocenters. The van der Waals surface area contributed by atoms with Crippen LogP contribution in [0, 0.1) is 17.0 Å². The van der Waals surface area contributed by atoms with Crippen molar-refractivity contribution >= 4 is 11.6 Å². The van der Waals surface area contributed by atoms with Crippen LogP contribution in [0.3, 0.4) is 0 Å². The van der Waals surface area contributed by atoms with Gasteiger partial charge in [-0.25, -0.2) is 0 Å². The molecule has 1 amide bonds. The van der Waals surface area contributed by atoms with Crippen LogP contribution < -0.4 is 10.1 Å². The highest BCUT2D eigenvalue weighted by molar-refractivity contribution is 5.77. The standard InChI is InChI=1S/C11H11F3N2O4/c1-7-2-3-8(4-9(7)16(18)19)20-5-10(17)15-6-11(12,13)14/h2-4H,5-6H2,1H3,(H,15,17). The van der Waals surface area contributed by atoms with Gasteiger partial charge < -0.3 is 10.1 Å². The number of ether oxygens (including phenoxy) is 1. The summed E-state index contributed by atoms with van der Waals surface area (Å²) in [6, 6.07) is 3.91. The molecule has 0 unspecified atom stereocenters. The summed E-state index contributed by atoms with van der Waals surface area (Å²) in [4.78, 5) is 21.1. The first-order valence-corrected chi connectivity index (χ1v) is 5.40. The van der Waals surface area contributed by atoms with Gasteiger partial charge in [0.25, 0.3) is 11.6 Å². The van der Waals surface area contributed by atoms with Gasteiger partial charge in [0.1, 0.15) is 12.3 Å². The molecule has 0 heterocycles. The molecule has 1 N–H and O–H groups in total. The quantitative estimate of drug-likeness (QED) is 0.664. The van der Waals surface area contributed by atoms with E-state index in [1.165, 1.54) is 19.1 Å². The molecule has 1 aromatic carbocycles. The Balaban J connectivity index is 2.56. The molecule has 110 valence electrons. The largest absolute Gasteiger partial charge is 0.484 e. The number of nitro groups is 1. The molecule has 0 fully saturated rings. The van der Waals surface area contributed by atoms with Gasteiger partial charge in [-0.3, -0.25) is 14.9 Å². The summed E-state index contributed by atoms with van der Waals surface area (Å²) in [5.41, 5.74) is 0.210. The summed E-state index contributed by atoms with van der Waals surface area (Å²) in [5, 5.41) is 12.3. The van der Waals surface area contributed by atoms with Crippen molar-refractivity contribution in [3.63, 3.8) is 0 Å². The molecule has 0 saturated heterocycles. The second-order valence-corrected chi connectivity index (χ2v) is 3.89. The Kier molecular flexibility index (Phi) is 4.89. The average Bonchev–Trinajstić information content (AvgIpc) is 2.34. The van der Waals surface area contributed by atoms with Gasteiger partial charge >= 0.3 is 6.18 Å². The van der Waals surface area contributed by atoms with Gasteiger partial charge in [0.15, 0.2) is 6.61 Å².